The number of ketones is 1. The van der Waals surface area contributed by atoms with Crippen molar-refractivity contribution < 1.29 is 9.90 Å². The first-order valence-electron chi connectivity index (χ1n) is 5.74. The largest absolute Gasteiger partial charge is 0.507 e. The second kappa shape index (κ2) is 5.32. The monoisotopic (exact) mass is 238 g/mol. The van der Waals surface area contributed by atoms with Crippen molar-refractivity contribution in [2.45, 2.75) is 6.92 Å². The molecule has 90 valence electrons. The maximum atomic E-state index is 11.9. The summed E-state index contributed by atoms with van der Waals surface area (Å²) in [5.41, 5.74) is 2.44. The fourth-order valence-corrected chi connectivity index (χ4v) is 1.72. The highest BCUT2D eigenvalue weighted by atomic mass is 16.3. The van der Waals surface area contributed by atoms with E-state index in [9.17, 15) is 9.90 Å². The van der Waals surface area contributed by atoms with Crippen LogP contribution in [0.3, 0.4) is 0 Å². The lowest BCUT2D eigenvalue weighted by Gasteiger charge is -1.99. The van der Waals surface area contributed by atoms with Gasteiger partial charge in [-0.05, 0) is 30.7 Å². The zero-order valence-corrected chi connectivity index (χ0v) is 10.1. The number of allylic oxidation sites excluding steroid dienone is 1. The van der Waals surface area contributed by atoms with Crippen molar-refractivity contribution in [1.29, 1.82) is 0 Å². The third-order valence-electron chi connectivity index (χ3n) is 2.64. The SMILES string of the molecule is Cc1cccc(/C=C/C(=O)c2ccccc2O)c1. The second-order valence-electron chi connectivity index (χ2n) is 4.13. The minimum Gasteiger partial charge on any atom is -0.507 e. The molecule has 2 rings (SSSR count). The van der Waals surface area contributed by atoms with Gasteiger partial charge in [0.05, 0.1) is 5.56 Å². The van der Waals surface area contributed by atoms with E-state index in [1.807, 2.05) is 31.2 Å². The number of phenolic OH excluding ortho intramolecular Hbond substituents is 1. The molecule has 18 heavy (non-hydrogen) atoms. The number of para-hydroxylation sites is 1. The van der Waals surface area contributed by atoms with Crippen molar-refractivity contribution in [2.24, 2.45) is 0 Å². The summed E-state index contributed by atoms with van der Waals surface area (Å²) in [4.78, 5) is 11.9. The molecule has 0 radical (unpaired) electrons. The Balaban J connectivity index is 2.20. The number of aryl methyl sites for hydroxylation is 1. The smallest absolute Gasteiger partial charge is 0.189 e. The third-order valence-corrected chi connectivity index (χ3v) is 2.64. The second-order valence-corrected chi connectivity index (χ2v) is 4.13. The molecule has 2 nitrogen and oxygen atoms in total. The Hall–Kier alpha value is -2.35. The van der Waals surface area contributed by atoms with Crippen LogP contribution in [-0.4, -0.2) is 10.9 Å². The molecule has 0 saturated carbocycles. The van der Waals surface area contributed by atoms with Crippen LogP contribution < -0.4 is 0 Å². The van der Waals surface area contributed by atoms with Crippen LogP contribution in [0.4, 0.5) is 0 Å². The summed E-state index contributed by atoms with van der Waals surface area (Å²) in [6, 6.07) is 14.4. The standard InChI is InChI=1S/C16H14O2/c1-12-5-4-6-13(11-12)9-10-16(18)14-7-2-3-8-15(14)17/h2-11,17H,1H3/b10-9+. The number of phenols is 1. The molecule has 2 aromatic carbocycles. The van der Waals surface area contributed by atoms with E-state index in [0.717, 1.165) is 11.1 Å². The lowest BCUT2D eigenvalue weighted by Crippen LogP contribution is -1.94. The number of rotatable bonds is 3. The van der Waals surface area contributed by atoms with E-state index in [0.29, 0.717) is 5.56 Å². The van der Waals surface area contributed by atoms with Gasteiger partial charge in [-0.2, -0.15) is 0 Å². The lowest BCUT2D eigenvalue weighted by atomic mass is 10.1. The molecule has 0 aliphatic carbocycles. The average molecular weight is 238 g/mol. The molecule has 0 saturated heterocycles. The van der Waals surface area contributed by atoms with Crippen molar-refractivity contribution in [3.05, 3.63) is 71.3 Å². The van der Waals surface area contributed by atoms with E-state index >= 15 is 0 Å². The van der Waals surface area contributed by atoms with Gasteiger partial charge in [-0.25, -0.2) is 0 Å². The van der Waals surface area contributed by atoms with Crippen LogP contribution >= 0.6 is 0 Å². The number of benzene rings is 2. The number of hydrogen-bond donors (Lipinski definition) is 1. The Morgan fingerprint density at radius 1 is 1.11 bits per heavy atom. The van der Waals surface area contributed by atoms with Crippen LogP contribution in [0.5, 0.6) is 5.75 Å². The Kier molecular flexibility index (Phi) is 3.58. The predicted octanol–water partition coefficient (Wildman–Crippen LogP) is 3.60. The third kappa shape index (κ3) is 2.86. The Morgan fingerprint density at radius 3 is 2.61 bits per heavy atom. The van der Waals surface area contributed by atoms with Crippen LogP contribution in [-0.2, 0) is 0 Å². The molecule has 0 aromatic heterocycles. The molecule has 0 bridgehead atoms. The van der Waals surface area contributed by atoms with Crippen molar-refractivity contribution in [3.63, 3.8) is 0 Å². The number of hydrogen-bond acceptors (Lipinski definition) is 2. The van der Waals surface area contributed by atoms with Gasteiger partial charge in [0.2, 0.25) is 0 Å². The molecule has 2 heteroatoms. The Bertz CT molecular complexity index is 598. The molecule has 0 aliphatic heterocycles. The molecule has 0 fully saturated rings. The summed E-state index contributed by atoms with van der Waals surface area (Å²) in [6.07, 6.45) is 3.23. The minimum atomic E-state index is -0.199. The highest BCUT2D eigenvalue weighted by Gasteiger charge is 2.06. The van der Waals surface area contributed by atoms with E-state index in [2.05, 4.69) is 0 Å². The number of carbonyl (C=O) groups excluding carboxylic acids is 1. The zero-order valence-electron chi connectivity index (χ0n) is 10.1. The number of aromatic hydroxyl groups is 1. The van der Waals surface area contributed by atoms with Crippen molar-refractivity contribution >= 4 is 11.9 Å². The number of carbonyl (C=O) groups is 1. The maximum absolute atomic E-state index is 11.9. The van der Waals surface area contributed by atoms with Crippen molar-refractivity contribution in [2.75, 3.05) is 0 Å². The molecule has 0 heterocycles. The summed E-state index contributed by atoms with van der Waals surface area (Å²) in [5, 5.41) is 9.57. The van der Waals surface area contributed by atoms with Gasteiger partial charge in [0.1, 0.15) is 5.75 Å². The van der Waals surface area contributed by atoms with Gasteiger partial charge in [0, 0.05) is 0 Å². The van der Waals surface area contributed by atoms with Crippen LogP contribution in [0.1, 0.15) is 21.5 Å². The van der Waals surface area contributed by atoms with Gasteiger partial charge in [0.15, 0.2) is 5.78 Å². The van der Waals surface area contributed by atoms with Crippen LogP contribution in [0.25, 0.3) is 6.08 Å². The molecule has 0 aliphatic rings. The summed E-state index contributed by atoms with van der Waals surface area (Å²) in [5.74, 6) is -0.189. The van der Waals surface area contributed by atoms with Crippen molar-refractivity contribution in [1.82, 2.24) is 0 Å². The molecule has 0 atom stereocenters. The van der Waals surface area contributed by atoms with E-state index < -0.39 is 0 Å². The molecule has 0 spiro atoms. The predicted molar refractivity (Wildman–Crippen MR) is 72.7 cm³/mol. The molecule has 0 unspecified atom stereocenters. The van der Waals surface area contributed by atoms with E-state index in [1.165, 1.54) is 12.1 Å². The summed E-state index contributed by atoms with van der Waals surface area (Å²) >= 11 is 0. The summed E-state index contributed by atoms with van der Waals surface area (Å²) in [6.45, 7) is 2.00. The summed E-state index contributed by atoms with van der Waals surface area (Å²) < 4.78 is 0. The normalized spacial score (nSPS) is 10.7. The summed E-state index contributed by atoms with van der Waals surface area (Å²) in [7, 11) is 0. The molecular weight excluding hydrogens is 224 g/mol. The van der Waals surface area contributed by atoms with Crippen LogP contribution in [0.2, 0.25) is 0 Å². The minimum absolute atomic E-state index is 0.0105. The molecule has 0 amide bonds. The van der Waals surface area contributed by atoms with Crippen molar-refractivity contribution in [3.8, 4) is 5.75 Å². The van der Waals surface area contributed by atoms with Gasteiger partial charge in [0.25, 0.3) is 0 Å². The van der Waals surface area contributed by atoms with E-state index in [4.69, 9.17) is 0 Å². The first-order chi connectivity index (χ1) is 8.66. The average Bonchev–Trinajstić information content (AvgIpc) is 2.37. The fraction of sp³-hybridized carbons (Fsp3) is 0.0625. The topological polar surface area (TPSA) is 37.3 Å². The highest BCUT2D eigenvalue weighted by molar-refractivity contribution is 6.08. The van der Waals surface area contributed by atoms with Crippen LogP contribution in [0, 0.1) is 6.92 Å². The first-order valence-corrected chi connectivity index (χ1v) is 5.74. The van der Waals surface area contributed by atoms with Gasteiger partial charge in [-0.1, -0.05) is 48.0 Å². The lowest BCUT2D eigenvalue weighted by molar-refractivity contribution is 0.104. The fourth-order valence-electron chi connectivity index (χ4n) is 1.72. The van der Waals surface area contributed by atoms with E-state index in [1.54, 1.807) is 24.3 Å². The van der Waals surface area contributed by atoms with Gasteiger partial charge in [-0.15, -0.1) is 0 Å². The van der Waals surface area contributed by atoms with Gasteiger partial charge >= 0.3 is 0 Å². The van der Waals surface area contributed by atoms with Gasteiger partial charge in [-0.3, -0.25) is 4.79 Å². The first kappa shape index (κ1) is 12.1. The zero-order chi connectivity index (χ0) is 13.0. The van der Waals surface area contributed by atoms with Crippen LogP contribution in [0.15, 0.2) is 54.6 Å². The van der Waals surface area contributed by atoms with Gasteiger partial charge < -0.3 is 5.11 Å². The molecular formula is C16H14O2. The molecule has 1 N–H and O–H groups in total. The van der Waals surface area contributed by atoms with E-state index in [-0.39, 0.29) is 11.5 Å². The Morgan fingerprint density at radius 2 is 1.89 bits per heavy atom. The quantitative estimate of drug-likeness (QED) is 0.655. The molecule has 2 aromatic rings. The Labute approximate surface area is 106 Å². The maximum Gasteiger partial charge on any atom is 0.189 e. The highest BCUT2D eigenvalue weighted by Crippen LogP contribution is 2.17.